The lowest BCUT2D eigenvalue weighted by Crippen LogP contribution is -2.43. The van der Waals surface area contributed by atoms with E-state index in [1.807, 2.05) is 19.1 Å². The number of halogens is 1. The van der Waals surface area contributed by atoms with Crippen molar-refractivity contribution in [2.24, 2.45) is 0 Å². The topological polar surface area (TPSA) is 132 Å². The summed E-state index contributed by atoms with van der Waals surface area (Å²) in [6, 6.07) is 8.98. The maximum absolute atomic E-state index is 12.2. The monoisotopic (exact) mass is 511 g/mol. The van der Waals surface area contributed by atoms with Gasteiger partial charge in [-0.25, -0.2) is 9.78 Å². The number of ether oxygens (including phenoxy) is 1. The molecule has 1 aliphatic heterocycles. The molecular formula is C24H30ClN9O2. The molecule has 2 fully saturated rings. The highest BCUT2D eigenvalue weighted by atomic mass is 35.5. The Balaban J connectivity index is 1.22. The summed E-state index contributed by atoms with van der Waals surface area (Å²) in [7, 11) is 0. The lowest BCUT2D eigenvalue weighted by atomic mass is 10.2. The molecule has 5 N–H and O–H groups in total. The SMILES string of the molecule is Cc1cc(Nc2cc(N3CCNCC3)n[nH]2)nc(Oc2ccc(NC(=O)NC3CCCC3)cc2Cl)n1. The van der Waals surface area contributed by atoms with Crippen molar-refractivity contribution in [3.05, 3.63) is 41.0 Å². The molecule has 1 saturated carbocycles. The van der Waals surface area contributed by atoms with Gasteiger partial charge in [-0.2, -0.15) is 10.1 Å². The third kappa shape index (κ3) is 6.16. The zero-order chi connectivity index (χ0) is 24.9. The van der Waals surface area contributed by atoms with E-state index in [1.54, 1.807) is 18.2 Å². The number of aromatic nitrogens is 4. The van der Waals surface area contributed by atoms with Gasteiger partial charge in [-0.3, -0.25) is 5.10 Å². The van der Waals surface area contributed by atoms with Crippen molar-refractivity contribution in [3.8, 4) is 11.8 Å². The second kappa shape index (κ2) is 11.0. The summed E-state index contributed by atoms with van der Waals surface area (Å²) in [5.41, 5.74) is 1.30. The Hall–Kier alpha value is -3.57. The van der Waals surface area contributed by atoms with Gasteiger partial charge in [0.1, 0.15) is 17.4 Å². The molecule has 11 nitrogen and oxygen atoms in total. The molecule has 0 unspecified atom stereocenters. The Morgan fingerprint density at radius 3 is 2.72 bits per heavy atom. The van der Waals surface area contributed by atoms with Gasteiger partial charge < -0.3 is 30.9 Å². The minimum absolute atomic E-state index is 0.154. The Bertz CT molecular complexity index is 1210. The number of aryl methyl sites for hydroxylation is 1. The minimum Gasteiger partial charge on any atom is -0.423 e. The predicted molar refractivity (Wildman–Crippen MR) is 140 cm³/mol. The number of rotatable bonds is 7. The molecular weight excluding hydrogens is 482 g/mol. The lowest BCUT2D eigenvalue weighted by molar-refractivity contribution is 0.248. The quantitative estimate of drug-likeness (QED) is 0.319. The van der Waals surface area contributed by atoms with Gasteiger partial charge in [0.25, 0.3) is 0 Å². The van der Waals surface area contributed by atoms with Gasteiger partial charge in [0.15, 0.2) is 5.82 Å². The normalized spacial score (nSPS) is 16.1. The first-order chi connectivity index (χ1) is 17.5. The molecule has 3 heterocycles. The highest BCUT2D eigenvalue weighted by Gasteiger charge is 2.18. The predicted octanol–water partition coefficient (Wildman–Crippen LogP) is 4.17. The van der Waals surface area contributed by atoms with Crippen molar-refractivity contribution in [1.82, 2.24) is 30.8 Å². The molecule has 190 valence electrons. The number of amides is 2. The van der Waals surface area contributed by atoms with E-state index in [-0.39, 0.29) is 18.1 Å². The number of aromatic amines is 1. The molecule has 12 heteroatoms. The second-order valence-electron chi connectivity index (χ2n) is 9.01. The van der Waals surface area contributed by atoms with Crippen LogP contribution in [-0.4, -0.2) is 58.4 Å². The summed E-state index contributed by atoms with van der Waals surface area (Å²) in [6.07, 6.45) is 4.35. The molecule has 0 spiro atoms. The van der Waals surface area contributed by atoms with E-state index in [2.05, 4.69) is 46.3 Å². The number of nitrogens with zero attached hydrogens (tertiary/aromatic N) is 4. The van der Waals surface area contributed by atoms with E-state index in [4.69, 9.17) is 16.3 Å². The molecule has 2 aliphatic rings. The van der Waals surface area contributed by atoms with Gasteiger partial charge in [0.05, 0.1) is 5.02 Å². The molecule has 1 saturated heterocycles. The fraction of sp³-hybridized carbons (Fsp3) is 0.417. The van der Waals surface area contributed by atoms with Crippen molar-refractivity contribution in [2.45, 2.75) is 38.6 Å². The van der Waals surface area contributed by atoms with Crippen molar-refractivity contribution in [2.75, 3.05) is 41.7 Å². The first kappa shape index (κ1) is 24.1. The van der Waals surface area contributed by atoms with Crippen LogP contribution in [0.4, 0.5) is 27.9 Å². The van der Waals surface area contributed by atoms with Crippen LogP contribution in [0.1, 0.15) is 31.4 Å². The Kier molecular flexibility index (Phi) is 7.38. The average molecular weight is 512 g/mol. The van der Waals surface area contributed by atoms with Crippen LogP contribution in [0.2, 0.25) is 5.02 Å². The molecule has 5 rings (SSSR count). The van der Waals surface area contributed by atoms with E-state index in [0.717, 1.165) is 69.2 Å². The lowest BCUT2D eigenvalue weighted by Gasteiger charge is -2.26. The molecule has 3 aromatic rings. The number of hydrogen-bond donors (Lipinski definition) is 5. The number of H-pyrrole nitrogens is 1. The third-order valence-corrected chi connectivity index (χ3v) is 6.48. The molecule has 36 heavy (non-hydrogen) atoms. The van der Waals surface area contributed by atoms with Crippen LogP contribution in [0.3, 0.4) is 0 Å². The summed E-state index contributed by atoms with van der Waals surface area (Å²) < 4.78 is 5.87. The number of piperazine rings is 1. The number of benzene rings is 1. The van der Waals surface area contributed by atoms with E-state index < -0.39 is 0 Å². The molecule has 0 atom stereocenters. The van der Waals surface area contributed by atoms with Crippen LogP contribution < -0.4 is 30.9 Å². The number of carbonyl (C=O) groups excluding carboxylic acids is 1. The Labute approximate surface area is 214 Å². The summed E-state index contributed by atoms with van der Waals surface area (Å²) in [5, 5.41) is 20.1. The van der Waals surface area contributed by atoms with Gasteiger partial charge in [-0.1, -0.05) is 24.4 Å². The van der Waals surface area contributed by atoms with E-state index in [0.29, 0.717) is 22.3 Å². The van der Waals surface area contributed by atoms with Crippen molar-refractivity contribution >= 4 is 40.8 Å². The number of urea groups is 1. The van der Waals surface area contributed by atoms with Gasteiger partial charge in [-0.15, -0.1) is 0 Å². The largest absolute Gasteiger partial charge is 0.423 e. The van der Waals surface area contributed by atoms with E-state index >= 15 is 0 Å². The summed E-state index contributed by atoms with van der Waals surface area (Å²) >= 11 is 6.43. The first-order valence-corrected chi connectivity index (χ1v) is 12.6. The van der Waals surface area contributed by atoms with Crippen molar-refractivity contribution in [3.63, 3.8) is 0 Å². The second-order valence-corrected chi connectivity index (χ2v) is 9.41. The number of hydrogen-bond acceptors (Lipinski definition) is 8. The summed E-state index contributed by atoms with van der Waals surface area (Å²) in [4.78, 5) is 23.3. The maximum Gasteiger partial charge on any atom is 0.324 e. The fourth-order valence-corrected chi connectivity index (χ4v) is 4.62. The molecule has 2 amide bonds. The highest BCUT2D eigenvalue weighted by Crippen LogP contribution is 2.31. The van der Waals surface area contributed by atoms with Crippen LogP contribution in [0.5, 0.6) is 11.8 Å². The molecule has 0 radical (unpaired) electrons. The molecule has 1 aliphatic carbocycles. The van der Waals surface area contributed by atoms with Gasteiger partial charge in [0.2, 0.25) is 0 Å². The van der Waals surface area contributed by atoms with Crippen LogP contribution >= 0.6 is 11.6 Å². The minimum atomic E-state index is -0.233. The highest BCUT2D eigenvalue weighted by molar-refractivity contribution is 6.32. The van der Waals surface area contributed by atoms with Crippen LogP contribution in [-0.2, 0) is 0 Å². The van der Waals surface area contributed by atoms with Gasteiger partial charge in [-0.05, 0) is 38.0 Å². The number of nitrogens with one attached hydrogen (secondary N) is 5. The van der Waals surface area contributed by atoms with Crippen molar-refractivity contribution in [1.29, 1.82) is 0 Å². The average Bonchev–Trinajstić information content (AvgIpc) is 3.53. The molecule has 2 aromatic heterocycles. The number of carbonyl (C=O) groups is 1. The fourth-order valence-electron chi connectivity index (χ4n) is 4.40. The number of anilines is 4. The smallest absolute Gasteiger partial charge is 0.324 e. The van der Waals surface area contributed by atoms with Gasteiger partial charge in [0, 0.05) is 55.7 Å². The van der Waals surface area contributed by atoms with Crippen LogP contribution in [0.25, 0.3) is 0 Å². The first-order valence-electron chi connectivity index (χ1n) is 12.2. The zero-order valence-corrected chi connectivity index (χ0v) is 20.9. The zero-order valence-electron chi connectivity index (χ0n) is 20.1. The third-order valence-electron chi connectivity index (χ3n) is 6.18. The standard InChI is InChI=1S/C24H30ClN9O2/c1-15-12-20(30-21-14-22(33-32-21)34-10-8-26-9-11-34)31-24(27-15)36-19-7-6-17(13-18(19)25)29-23(35)28-16-4-2-3-5-16/h6-7,12-14,16,26H,2-5,8-11H2,1H3,(H2,28,29,35)(H2,27,30,31,32,33). The molecule has 1 aromatic carbocycles. The summed E-state index contributed by atoms with van der Waals surface area (Å²) in [5.74, 6) is 2.55. The van der Waals surface area contributed by atoms with Crippen molar-refractivity contribution < 1.29 is 9.53 Å². The Morgan fingerprint density at radius 1 is 1.14 bits per heavy atom. The summed E-state index contributed by atoms with van der Waals surface area (Å²) in [6.45, 7) is 5.56. The van der Waals surface area contributed by atoms with Gasteiger partial charge >= 0.3 is 12.0 Å². The van der Waals surface area contributed by atoms with Crippen LogP contribution in [0, 0.1) is 6.92 Å². The maximum atomic E-state index is 12.2. The van der Waals surface area contributed by atoms with Crippen LogP contribution in [0.15, 0.2) is 30.3 Å². The molecule has 0 bridgehead atoms. The van der Waals surface area contributed by atoms with E-state index in [1.165, 1.54) is 0 Å². The van der Waals surface area contributed by atoms with E-state index in [9.17, 15) is 4.79 Å². The Morgan fingerprint density at radius 2 is 1.94 bits per heavy atom.